The van der Waals surface area contributed by atoms with Gasteiger partial charge in [-0.3, -0.25) is 4.79 Å². The Bertz CT molecular complexity index is 1220. The van der Waals surface area contributed by atoms with Crippen molar-refractivity contribution < 1.29 is 19.1 Å². The zero-order valence-corrected chi connectivity index (χ0v) is 19.3. The van der Waals surface area contributed by atoms with Gasteiger partial charge in [0, 0.05) is 24.8 Å². The van der Waals surface area contributed by atoms with Crippen molar-refractivity contribution in [1.82, 2.24) is 0 Å². The molecule has 168 valence electrons. The van der Waals surface area contributed by atoms with Crippen molar-refractivity contribution in [2.24, 2.45) is 0 Å². The van der Waals surface area contributed by atoms with E-state index in [1.165, 1.54) is 0 Å². The minimum Gasteiger partial charge on any atom is -0.452 e. The van der Waals surface area contributed by atoms with E-state index >= 15 is 0 Å². The van der Waals surface area contributed by atoms with Gasteiger partial charge >= 0.3 is 5.97 Å². The van der Waals surface area contributed by atoms with E-state index in [9.17, 15) is 9.59 Å². The van der Waals surface area contributed by atoms with Crippen LogP contribution in [-0.4, -0.2) is 24.8 Å². The lowest BCUT2D eigenvalue weighted by molar-refractivity contribution is 0.0734. The summed E-state index contributed by atoms with van der Waals surface area (Å²) in [4.78, 5) is 27.7. The van der Waals surface area contributed by atoms with E-state index < -0.39 is 5.97 Å². The van der Waals surface area contributed by atoms with E-state index in [1.54, 1.807) is 30.3 Å². The fourth-order valence-corrected chi connectivity index (χ4v) is 3.91. The Kier molecular flexibility index (Phi) is 6.31. The SMILES string of the molecule is CCN(CC)c1ccc(/C=C2\Oc3cc(OC(=O)c4ccc(C)cc4)cc(C)c3C2=O)cc1. The minimum absolute atomic E-state index is 0.174. The van der Waals surface area contributed by atoms with Gasteiger partial charge in [0.15, 0.2) is 5.76 Å². The van der Waals surface area contributed by atoms with Crippen molar-refractivity contribution in [3.05, 3.63) is 94.2 Å². The lowest BCUT2D eigenvalue weighted by Gasteiger charge is -2.20. The Morgan fingerprint density at radius 3 is 2.27 bits per heavy atom. The van der Waals surface area contributed by atoms with Crippen LogP contribution in [0.15, 0.2) is 66.4 Å². The Labute approximate surface area is 194 Å². The summed E-state index contributed by atoms with van der Waals surface area (Å²) in [5.41, 5.74) is 4.74. The third-order valence-electron chi connectivity index (χ3n) is 5.76. The summed E-state index contributed by atoms with van der Waals surface area (Å²) in [5, 5.41) is 0. The quantitative estimate of drug-likeness (QED) is 0.267. The van der Waals surface area contributed by atoms with Crippen LogP contribution in [0.1, 0.15) is 51.3 Å². The van der Waals surface area contributed by atoms with Crippen LogP contribution >= 0.6 is 0 Å². The van der Waals surface area contributed by atoms with Crippen molar-refractivity contribution in [1.29, 1.82) is 0 Å². The zero-order chi connectivity index (χ0) is 23.5. The zero-order valence-electron chi connectivity index (χ0n) is 19.3. The molecular formula is C28H27NO4. The first-order valence-corrected chi connectivity index (χ1v) is 11.1. The highest BCUT2D eigenvalue weighted by Crippen LogP contribution is 2.37. The highest BCUT2D eigenvalue weighted by molar-refractivity contribution is 6.15. The molecule has 0 N–H and O–H groups in total. The fourth-order valence-electron chi connectivity index (χ4n) is 3.91. The predicted molar refractivity (Wildman–Crippen MR) is 130 cm³/mol. The summed E-state index contributed by atoms with van der Waals surface area (Å²) >= 11 is 0. The number of anilines is 1. The number of carbonyl (C=O) groups is 2. The van der Waals surface area contributed by atoms with Gasteiger partial charge in [0.2, 0.25) is 5.78 Å². The van der Waals surface area contributed by atoms with Crippen molar-refractivity contribution in [2.75, 3.05) is 18.0 Å². The number of nitrogens with zero attached hydrogens (tertiary/aromatic N) is 1. The number of rotatable bonds is 6. The van der Waals surface area contributed by atoms with Gasteiger partial charge in [-0.2, -0.15) is 0 Å². The van der Waals surface area contributed by atoms with E-state index in [0.29, 0.717) is 28.2 Å². The highest BCUT2D eigenvalue weighted by atomic mass is 16.5. The van der Waals surface area contributed by atoms with E-state index in [2.05, 4.69) is 18.7 Å². The van der Waals surface area contributed by atoms with Gasteiger partial charge in [-0.05, 0) is 75.2 Å². The number of Topliss-reactive ketones (excluding diaryl/α,β-unsaturated/α-hetero) is 1. The molecule has 0 unspecified atom stereocenters. The maximum Gasteiger partial charge on any atom is 0.343 e. The van der Waals surface area contributed by atoms with Gasteiger partial charge in [0.05, 0.1) is 11.1 Å². The molecule has 0 saturated heterocycles. The van der Waals surface area contributed by atoms with Gasteiger partial charge in [-0.15, -0.1) is 0 Å². The van der Waals surface area contributed by atoms with Gasteiger partial charge < -0.3 is 14.4 Å². The lowest BCUT2D eigenvalue weighted by atomic mass is 10.0. The van der Waals surface area contributed by atoms with E-state index in [1.807, 2.05) is 50.2 Å². The molecule has 0 fully saturated rings. The minimum atomic E-state index is -0.456. The standard InChI is InChI=1S/C28H27NO4/c1-5-29(6-2)22-13-9-20(10-14-22)16-25-27(30)26-19(4)15-23(17-24(26)33-25)32-28(31)21-11-7-18(3)8-12-21/h7-17H,5-6H2,1-4H3/b25-16-. The molecule has 0 atom stereocenters. The van der Waals surface area contributed by atoms with Crippen LogP contribution in [0.2, 0.25) is 0 Å². The molecule has 3 aromatic carbocycles. The Morgan fingerprint density at radius 1 is 0.970 bits per heavy atom. The number of allylic oxidation sites excluding steroid dienone is 1. The molecule has 5 nitrogen and oxygen atoms in total. The summed E-state index contributed by atoms with van der Waals surface area (Å²) < 4.78 is 11.4. The normalized spacial score (nSPS) is 13.6. The molecule has 0 spiro atoms. The summed E-state index contributed by atoms with van der Waals surface area (Å²) in [6.07, 6.45) is 1.74. The van der Waals surface area contributed by atoms with Crippen LogP contribution < -0.4 is 14.4 Å². The van der Waals surface area contributed by atoms with Crippen LogP contribution in [0.3, 0.4) is 0 Å². The first-order valence-electron chi connectivity index (χ1n) is 11.1. The first kappa shape index (κ1) is 22.3. The smallest absolute Gasteiger partial charge is 0.343 e. The molecule has 1 aliphatic heterocycles. The van der Waals surface area contributed by atoms with Crippen molar-refractivity contribution in [3.63, 3.8) is 0 Å². The third-order valence-corrected chi connectivity index (χ3v) is 5.76. The number of esters is 1. The van der Waals surface area contributed by atoms with Gasteiger partial charge in [-0.25, -0.2) is 4.79 Å². The molecule has 0 aromatic heterocycles. The van der Waals surface area contributed by atoms with Crippen molar-refractivity contribution in [3.8, 4) is 11.5 Å². The number of ether oxygens (including phenoxy) is 2. The summed E-state index contributed by atoms with van der Waals surface area (Å²) in [6, 6.07) is 18.5. The van der Waals surface area contributed by atoms with Gasteiger partial charge in [-0.1, -0.05) is 29.8 Å². The predicted octanol–water partition coefficient (Wildman–Crippen LogP) is 5.99. The third kappa shape index (κ3) is 4.67. The molecule has 5 heteroatoms. The number of carbonyl (C=O) groups excluding carboxylic acids is 2. The Hall–Kier alpha value is -3.86. The second kappa shape index (κ2) is 9.33. The number of hydrogen-bond donors (Lipinski definition) is 0. The second-order valence-electron chi connectivity index (χ2n) is 8.07. The number of hydrogen-bond acceptors (Lipinski definition) is 5. The number of benzene rings is 3. The van der Waals surface area contributed by atoms with Gasteiger partial charge in [0.25, 0.3) is 0 Å². The largest absolute Gasteiger partial charge is 0.452 e. The van der Waals surface area contributed by atoms with Crippen LogP contribution in [0.25, 0.3) is 6.08 Å². The van der Waals surface area contributed by atoms with Crippen LogP contribution in [0.4, 0.5) is 5.69 Å². The van der Waals surface area contributed by atoms with Crippen LogP contribution in [0, 0.1) is 13.8 Å². The summed E-state index contributed by atoms with van der Waals surface area (Å²) in [5.74, 6) is 0.368. The first-order chi connectivity index (χ1) is 15.9. The fraction of sp³-hybridized carbons (Fsp3) is 0.214. The molecule has 0 radical (unpaired) electrons. The Morgan fingerprint density at radius 2 is 1.64 bits per heavy atom. The molecule has 0 amide bonds. The molecule has 1 heterocycles. The molecular weight excluding hydrogens is 414 g/mol. The average Bonchev–Trinajstić information content (AvgIpc) is 3.11. The Balaban J connectivity index is 1.54. The maximum absolute atomic E-state index is 13.0. The molecule has 0 bridgehead atoms. The molecule has 1 aliphatic rings. The van der Waals surface area contributed by atoms with Gasteiger partial charge in [0.1, 0.15) is 11.5 Å². The molecule has 33 heavy (non-hydrogen) atoms. The summed E-state index contributed by atoms with van der Waals surface area (Å²) in [7, 11) is 0. The number of fused-ring (bicyclic) bond motifs is 1. The van der Waals surface area contributed by atoms with E-state index in [0.717, 1.165) is 29.9 Å². The second-order valence-corrected chi connectivity index (χ2v) is 8.07. The topological polar surface area (TPSA) is 55.8 Å². The maximum atomic E-state index is 13.0. The van der Waals surface area contributed by atoms with Crippen LogP contribution in [0.5, 0.6) is 11.5 Å². The summed E-state index contributed by atoms with van der Waals surface area (Å²) in [6.45, 7) is 9.88. The van der Waals surface area contributed by atoms with Crippen molar-refractivity contribution >= 4 is 23.5 Å². The van der Waals surface area contributed by atoms with E-state index in [-0.39, 0.29) is 11.5 Å². The molecule has 4 rings (SSSR count). The van der Waals surface area contributed by atoms with E-state index in [4.69, 9.17) is 9.47 Å². The number of ketones is 1. The molecule has 0 aliphatic carbocycles. The lowest BCUT2D eigenvalue weighted by Crippen LogP contribution is -2.21. The van der Waals surface area contributed by atoms with Crippen LogP contribution in [-0.2, 0) is 0 Å². The van der Waals surface area contributed by atoms with Crippen molar-refractivity contribution in [2.45, 2.75) is 27.7 Å². The average molecular weight is 442 g/mol. The monoisotopic (exact) mass is 441 g/mol. The molecule has 0 saturated carbocycles. The molecule has 3 aromatic rings. The number of aryl methyl sites for hydroxylation is 2. The highest BCUT2D eigenvalue weighted by Gasteiger charge is 2.30.